The van der Waals surface area contributed by atoms with Gasteiger partial charge in [0.1, 0.15) is 18.2 Å². The molecule has 0 spiro atoms. The Balaban J connectivity index is 1.31. The van der Waals surface area contributed by atoms with E-state index < -0.39 is 0 Å². The summed E-state index contributed by atoms with van der Waals surface area (Å²) in [4.78, 5) is 23.5. The Hall–Kier alpha value is -2.86. The van der Waals surface area contributed by atoms with E-state index in [1.807, 2.05) is 53.4 Å². The third kappa shape index (κ3) is 3.92. The maximum Gasteiger partial charge on any atom is 0.257 e. The number of H-pyrrole nitrogens is 1. The number of aromatic amines is 1. The summed E-state index contributed by atoms with van der Waals surface area (Å²) in [6.45, 7) is 2.71. The molecular formula is C24H27N3O3. The Morgan fingerprint density at radius 2 is 2.00 bits per heavy atom. The molecule has 0 aliphatic carbocycles. The van der Waals surface area contributed by atoms with Crippen LogP contribution < -0.4 is 4.74 Å². The molecule has 3 heterocycles. The minimum absolute atomic E-state index is 0.0266. The molecule has 2 atom stereocenters. The zero-order chi connectivity index (χ0) is 20.3. The molecule has 30 heavy (non-hydrogen) atoms. The van der Waals surface area contributed by atoms with Crippen molar-refractivity contribution in [1.29, 1.82) is 0 Å². The first-order valence-electron chi connectivity index (χ1n) is 10.9. The van der Waals surface area contributed by atoms with E-state index in [4.69, 9.17) is 14.5 Å². The number of rotatable bonds is 5. The van der Waals surface area contributed by atoms with Gasteiger partial charge in [0.2, 0.25) is 0 Å². The molecule has 1 N–H and O–H groups in total. The molecule has 156 valence electrons. The van der Waals surface area contributed by atoms with Crippen LogP contribution >= 0.6 is 0 Å². The number of fused-ring (bicyclic) bond motifs is 1. The number of piperidine rings is 1. The number of hydrogen-bond donors (Lipinski definition) is 1. The Morgan fingerprint density at radius 1 is 1.13 bits per heavy atom. The van der Waals surface area contributed by atoms with Crippen molar-refractivity contribution in [3.8, 4) is 5.75 Å². The molecule has 2 saturated heterocycles. The maximum absolute atomic E-state index is 13.3. The van der Waals surface area contributed by atoms with Crippen molar-refractivity contribution >= 4 is 16.9 Å². The van der Waals surface area contributed by atoms with Crippen molar-refractivity contribution < 1.29 is 14.3 Å². The van der Waals surface area contributed by atoms with Gasteiger partial charge in [-0.15, -0.1) is 0 Å². The number of para-hydroxylation sites is 3. The second-order valence-electron chi connectivity index (χ2n) is 8.17. The number of amides is 1. The van der Waals surface area contributed by atoms with Gasteiger partial charge in [-0.2, -0.15) is 0 Å². The summed E-state index contributed by atoms with van der Waals surface area (Å²) in [5.41, 5.74) is 2.65. The minimum Gasteiger partial charge on any atom is -0.490 e. The minimum atomic E-state index is 0.0266. The van der Waals surface area contributed by atoms with Crippen LogP contribution in [-0.4, -0.2) is 53.2 Å². The van der Waals surface area contributed by atoms with E-state index in [1.54, 1.807) is 0 Å². The number of nitrogens with zero attached hydrogens (tertiary/aromatic N) is 2. The van der Waals surface area contributed by atoms with Gasteiger partial charge < -0.3 is 19.4 Å². The molecule has 2 fully saturated rings. The summed E-state index contributed by atoms with van der Waals surface area (Å²) in [6, 6.07) is 15.6. The number of likely N-dealkylation sites (tertiary alicyclic amines) is 1. The average Bonchev–Trinajstić information content (AvgIpc) is 3.47. The number of carbonyl (C=O) groups excluding carboxylic acids is 1. The first-order chi connectivity index (χ1) is 14.8. The van der Waals surface area contributed by atoms with E-state index in [0.29, 0.717) is 24.5 Å². The molecule has 0 bridgehead atoms. The molecule has 2 aromatic carbocycles. The number of benzene rings is 2. The van der Waals surface area contributed by atoms with E-state index in [0.717, 1.165) is 55.7 Å². The number of nitrogens with one attached hydrogen (secondary N) is 1. The summed E-state index contributed by atoms with van der Waals surface area (Å²) in [6.07, 6.45) is 4.21. The van der Waals surface area contributed by atoms with Gasteiger partial charge in [-0.25, -0.2) is 4.98 Å². The van der Waals surface area contributed by atoms with Gasteiger partial charge in [0.05, 0.1) is 22.7 Å². The van der Waals surface area contributed by atoms with E-state index in [-0.39, 0.29) is 17.9 Å². The third-order valence-electron chi connectivity index (χ3n) is 6.07. The molecule has 5 rings (SSSR count). The quantitative estimate of drug-likeness (QED) is 0.693. The molecule has 1 aromatic heterocycles. The SMILES string of the molecule is O=C(c1ccccc1OC[C@@H]1CCCO1)N1CCC[C@H](c2nc3ccccc3[nH]2)C1. The fourth-order valence-corrected chi connectivity index (χ4v) is 4.45. The van der Waals surface area contributed by atoms with E-state index in [2.05, 4.69) is 4.98 Å². The first-order valence-corrected chi connectivity index (χ1v) is 10.9. The number of hydrogen-bond acceptors (Lipinski definition) is 4. The van der Waals surface area contributed by atoms with E-state index >= 15 is 0 Å². The summed E-state index contributed by atoms with van der Waals surface area (Å²) in [7, 11) is 0. The highest BCUT2D eigenvalue weighted by Crippen LogP contribution is 2.29. The number of ether oxygens (including phenoxy) is 2. The first kappa shape index (κ1) is 19.1. The Kier molecular flexibility index (Phi) is 5.41. The highest BCUT2D eigenvalue weighted by Gasteiger charge is 2.29. The summed E-state index contributed by atoms with van der Waals surface area (Å²) < 4.78 is 11.6. The van der Waals surface area contributed by atoms with Crippen LogP contribution in [0.5, 0.6) is 5.75 Å². The third-order valence-corrected chi connectivity index (χ3v) is 6.07. The smallest absolute Gasteiger partial charge is 0.257 e. The summed E-state index contributed by atoms with van der Waals surface area (Å²) >= 11 is 0. The second-order valence-corrected chi connectivity index (χ2v) is 8.17. The van der Waals surface area contributed by atoms with E-state index in [1.165, 1.54) is 0 Å². The molecule has 6 heteroatoms. The molecule has 3 aromatic rings. The molecule has 2 aliphatic heterocycles. The Morgan fingerprint density at radius 3 is 2.87 bits per heavy atom. The Bertz CT molecular complexity index is 992. The maximum atomic E-state index is 13.3. The molecular weight excluding hydrogens is 378 g/mol. The fraction of sp³-hybridized carbons (Fsp3) is 0.417. The second kappa shape index (κ2) is 8.48. The van der Waals surface area contributed by atoms with Crippen LogP contribution in [-0.2, 0) is 4.74 Å². The molecule has 6 nitrogen and oxygen atoms in total. The van der Waals surface area contributed by atoms with Gasteiger partial charge in [-0.05, 0) is 49.9 Å². The van der Waals surface area contributed by atoms with Crippen molar-refractivity contribution in [2.45, 2.75) is 37.7 Å². The lowest BCUT2D eigenvalue weighted by Crippen LogP contribution is -2.39. The van der Waals surface area contributed by atoms with Crippen LogP contribution in [0.15, 0.2) is 48.5 Å². The van der Waals surface area contributed by atoms with Crippen molar-refractivity contribution in [3.63, 3.8) is 0 Å². The monoisotopic (exact) mass is 405 g/mol. The van der Waals surface area contributed by atoms with Gasteiger partial charge in [-0.1, -0.05) is 24.3 Å². The summed E-state index contributed by atoms with van der Waals surface area (Å²) in [5, 5.41) is 0. The zero-order valence-corrected chi connectivity index (χ0v) is 17.0. The van der Waals surface area contributed by atoms with Crippen LogP contribution in [0.3, 0.4) is 0 Å². The van der Waals surface area contributed by atoms with Gasteiger partial charge in [0, 0.05) is 25.6 Å². The normalized spacial score (nSPS) is 21.8. The molecule has 0 unspecified atom stereocenters. The summed E-state index contributed by atoms with van der Waals surface area (Å²) in [5.74, 6) is 1.86. The lowest BCUT2D eigenvalue weighted by molar-refractivity contribution is 0.0635. The van der Waals surface area contributed by atoms with Crippen LogP contribution in [0, 0.1) is 0 Å². The molecule has 0 saturated carbocycles. The zero-order valence-electron chi connectivity index (χ0n) is 17.0. The predicted molar refractivity (Wildman–Crippen MR) is 115 cm³/mol. The largest absolute Gasteiger partial charge is 0.490 e. The highest BCUT2D eigenvalue weighted by molar-refractivity contribution is 5.97. The Labute approximate surface area is 176 Å². The average molecular weight is 405 g/mol. The predicted octanol–water partition coefficient (Wildman–Crippen LogP) is 4.14. The fourth-order valence-electron chi connectivity index (χ4n) is 4.45. The molecule has 2 aliphatic rings. The standard InChI is InChI=1S/C24H27N3O3/c28-24(19-9-1-4-12-22(19)30-16-18-8-6-14-29-18)27-13-5-7-17(15-27)23-25-20-10-2-3-11-21(20)26-23/h1-4,9-12,17-18H,5-8,13-16H2,(H,25,26)/t17-,18-/m0/s1. The van der Waals surface area contributed by atoms with Crippen LogP contribution in [0.4, 0.5) is 0 Å². The van der Waals surface area contributed by atoms with Crippen LogP contribution in [0.1, 0.15) is 47.8 Å². The molecule has 0 radical (unpaired) electrons. The van der Waals surface area contributed by atoms with Gasteiger partial charge in [0.25, 0.3) is 5.91 Å². The van der Waals surface area contributed by atoms with Crippen molar-refractivity contribution in [2.24, 2.45) is 0 Å². The highest BCUT2D eigenvalue weighted by atomic mass is 16.5. The van der Waals surface area contributed by atoms with Gasteiger partial charge in [-0.3, -0.25) is 4.79 Å². The lowest BCUT2D eigenvalue weighted by atomic mass is 9.96. The van der Waals surface area contributed by atoms with Gasteiger partial charge in [0.15, 0.2) is 0 Å². The van der Waals surface area contributed by atoms with Crippen LogP contribution in [0.25, 0.3) is 11.0 Å². The van der Waals surface area contributed by atoms with E-state index in [9.17, 15) is 4.79 Å². The van der Waals surface area contributed by atoms with Gasteiger partial charge >= 0.3 is 0 Å². The molecule has 1 amide bonds. The van der Waals surface area contributed by atoms with Crippen molar-refractivity contribution in [1.82, 2.24) is 14.9 Å². The van der Waals surface area contributed by atoms with Crippen LogP contribution in [0.2, 0.25) is 0 Å². The lowest BCUT2D eigenvalue weighted by Gasteiger charge is -2.32. The number of imidazole rings is 1. The topological polar surface area (TPSA) is 67.5 Å². The number of aromatic nitrogens is 2. The van der Waals surface area contributed by atoms with Crippen molar-refractivity contribution in [3.05, 3.63) is 59.9 Å². The number of carbonyl (C=O) groups is 1. The van der Waals surface area contributed by atoms with Crippen molar-refractivity contribution in [2.75, 3.05) is 26.3 Å².